The Bertz CT molecular complexity index is 193. The predicted molar refractivity (Wildman–Crippen MR) is 48.1 cm³/mol. The molecular weight excluding hydrogens is 240 g/mol. The average molecular weight is 249 g/mol. The quantitative estimate of drug-likeness (QED) is 0.342. The van der Waals surface area contributed by atoms with Crippen LogP contribution >= 0.6 is 11.6 Å². The standard InChI is InChI=1S/C4H11ClN2O4S2/c5-1-2-7(4-13(10)11)6-3-12(8)9/h6H,1-4H2,(H,8,9)(H,10,11)/p-2. The van der Waals surface area contributed by atoms with E-state index in [0.29, 0.717) is 0 Å². The van der Waals surface area contributed by atoms with Crippen molar-refractivity contribution in [3.63, 3.8) is 0 Å². The van der Waals surface area contributed by atoms with Gasteiger partial charge in [0.25, 0.3) is 0 Å². The molecule has 0 aromatic rings. The van der Waals surface area contributed by atoms with Crippen molar-refractivity contribution in [3.8, 4) is 0 Å². The SMILES string of the molecule is O=S([O-])CNN(CCCl)CS(=O)[O-]. The van der Waals surface area contributed by atoms with Gasteiger partial charge in [-0.1, -0.05) is 0 Å². The van der Waals surface area contributed by atoms with Crippen molar-refractivity contribution in [1.82, 2.24) is 10.4 Å². The molecule has 0 spiro atoms. The molecule has 1 N–H and O–H groups in total. The maximum atomic E-state index is 10.3. The first-order valence-corrected chi connectivity index (χ1v) is 6.24. The lowest BCUT2D eigenvalue weighted by molar-refractivity contribution is 0.247. The van der Waals surface area contributed by atoms with E-state index in [4.69, 9.17) is 11.6 Å². The fourth-order valence-corrected chi connectivity index (χ4v) is 1.53. The summed E-state index contributed by atoms with van der Waals surface area (Å²) in [6.45, 7) is 0.257. The molecule has 0 fully saturated rings. The van der Waals surface area contributed by atoms with E-state index in [2.05, 4.69) is 5.43 Å². The third kappa shape index (κ3) is 8.75. The van der Waals surface area contributed by atoms with Crippen LogP contribution in [0, 0.1) is 0 Å². The van der Waals surface area contributed by atoms with Gasteiger partial charge in [0, 0.05) is 12.4 Å². The second kappa shape index (κ2) is 7.80. The number of rotatable bonds is 7. The van der Waals surface area contributed by atoms with Crippen molar-refractivity contribution in [1.29, 1.82) is 0 Å². The lowest BCUT2D eigenvalue weighted by Gasteiger charge is -2.23. The van der Waals surface area contributed by atoms with Gasteiger partial charge in [0.15, 0.2) is 0 Å². The summed E-state index contributed by atoms with van der Waals surface area (Å²) in [5.41, 5.74) is 2.39. The third-order valence-corrected chi connectivity index (χ3v) is 2.08. The highest BCUT2D eigenvalue weighted by molar-refractivity contribution is 7.79. The molecule has 2 unspecified atom stereocenters. The topological polar surface area (TPSA) is 95.5 Å². The zero-order valence-corrected chi connectivity index (χ0v) is 8.99. The van der Waals surface area contributed by atoms with Crippen LogP contribution in [0.3, 0.4) is 0 Å². The van der Waals surface area contributed by atoms with Crippen LogP contribution in [0.2, 0.25) is 0 Å². The van der Waals surface area contributed by atoms with Crippen molar-refractivity contribution in [2.45, 2.75) is 0 Å². The normalized spacial score (nSPS) is 16.0. The summed E-state index contributed by atoms with van der Waals surface area (Å²) in [6.07, 6.45) is 0. The summed E-state index contributed by atoms with van der Waals surface area (Å²) in [4.78, 5) is 0. The summed E-state index contributed by atoms with van der Waals surface area (Å²) >= 11 is 0.849. The molecule has 0 aliphatic heterocycles. The van der Waals surface area contributed by atoms with E-state index in [0.717, 1.165) is 0 Å². The lowest BCUT2D eigenvalue weighted by Crippen LogP contribution is -2.42. The number of hydrogen-bond donors (Lipinski definition) is 1. The highest BCUT2D eigenvalue weighted by Crippen LogP contribution is 1.87. The molecule has 0 rings (SSSR count). The van der Waals surface area contributed by atoms with Gasteiger partial charge in [-0.2, -0.15) is 0 Å². The van der Waals surface area contributed by atoms with E-state index in [-0.39, 0.29) is 24.2 Å². The number of nitrogens with zero attached hydrogens (tertiary/aromatic N) is 1. The minimum absolute atomic E-state index is 0.218. The van der Waals surface area contributed by atoms with Gasteiger partial charge in [0.1, 0.15) is 0 Å². The Morgan fingerprint density at radius 1 is 1.31 bits per heavy atom. The van der Waals surface area contributed by atoms with Gasteiger partial charge in [-0.15, -0.1) is 11.6 Å². The molecule has 0 amide bonds. The highest BCUT2D eigenvalue weighted by atomic mass is 35.5. The molecule has 0 bridgehead atoms. The van der Waals surface area contributed by atoms with E-state index < -0.39 is 22.2 Å². The summed E-state index contributed by atoms with van der Waals surface area (Å²) in [7, 11) is 0. The molecular formula is C4H9ClN2O4S2-2. The smallest absolute Gasteiger partial charge is 0.0756 e. The minimum Gasteiger partial charge on any atom is -0.771 e. The van der Waals surface area contributed by atoms with E-state index in [1.807, 2.05) is 0 Å². The van der Waals surface area contributed by atoms with Crippen molar-refractivity contribution >= 4 is 33.8 Å². The Hall–Kier alpha value is 0.430. The van der Waals surface area contributed by atoms with Gasteiger partial charge < -0.3 is 9.11 Å². The zero-order chi connectivity index (χ0) is 10.3. The van der Waals surface area contributed by atoms with Gasteiger partial charge in [0.2, 0.25) is 0 Å². The van der Waals surface area contributed by atoms with Gasteiger partial charge in [-0.3, -0.25) is 8.42 Å². The Morgan fingerprint density at radius 3 is 2.31 bits per heavy atom. The van der Waals surface area contributed by atoms with E-state index in [1.165, 1.54) is 5.01 Å². The highest BCUT2D eigenvalue weighted by Gasteiger charge is 2.02. The molecule has 13 heavy (non-hydrogen) atoms. The van der Waals surface area contributed by atoms with Crippen molar-refractivity contribution in [3.05, 3.63) is 0 Å². The van der Waals surface area contributed by atoms with Crippen molar-refractivity contribution < 1.29 is 17.5 Å². The molecule has 0 radical (unpaired) electrons. The number of halogens is 1. The van der Waals surface area contributed by atoms with Crippen LogP contribution in [0.5, 0.6) is 0 Å². The first-order chi connectivity index (χ1) is 6.06. The molecule has 0 heterocycles. The fourth-order valence-electron chi connectivity index (χ4n) is 0.563. The second-order valence-electron chi connectivity index (χ2n) is 1.99. The first-order valence-electron chi connectivity index (χ1n) is 3.22. The van der Waals surface area contributed by atoms with E-state index >= 15 is 0 Å². The summed E-state index contributed by atoms with van der Waals surface area (Å²) in [5, 5.41) is 1.21. The summed E-state index contributed by atoms with van der Waals surface area (Å²) in [5.74, 6) is -0.395. The minimum atomic E-state index is -2.26. The monoisotopic (exact) mass is 248 g/mol. The number of nitrogens with one attached hydrogen (secondary N) is 1. The van der Waals surface area contributed by atoms with Crippen LogP contribution in [0.4, 0.5) is 0 Å². The average Bonchev–Trinajstić information content (AvgIpc) is 1.99. The van der Waals surface area contributed by atoms with Crippen LogP contribution in [0.15, 0.2) is 0 Å². The maximum Gasteiger partial charge on any atom is 0.0756 e. The van der Waals surface area contributed by atoms with Crippen molar-refractivity contribution in [2.24, 2.45) is 0 Å². The number of alkyl halides is 1. The van der Waals surface area contributed by atoms with E-state index in [9.17, 15) is 17.5 Å². The predicted octanol–water partition coefficient (Wildman–Crippen LogP) is -1.29. The maximum absolute atomic E-state index is 10.3. The Kier molecular flexibility index (Phi) is 8.06. The molecule has 0 saturated carbocycles. The molecule has 6 nitrogen and oxygen atoms in total. The zero-order valence-electron chi connectivity index (χ0n) is 6.60. The Labute approximate surface area is 86.2 Å². The number of hydrogen-bond acceptors (Lipinski definition) is 6. The molecule has 0 saturated heterocycles. The van der Waals surface area contributed by atoms with Gasteiger partial charge >= 0.3 is 0 Å². The van der Waals surface area contributed by atoms with Gasteiger partial charge in [-0.25, -0.2) is 10.4 Å². The lowest BCUT2D eigenvalue weighted by atomic mass is 10.7. The van der Waals surface area contributed by atoms with Crippen LogP contribution < -0.4 is 5.43 Å². The van der Waals surface area contributed by atoms with E-state index in [1.54, 1.807) is 0 Å². The van der Waals surface area contributed by atoms with Crippen LogP contribution in [-0.2, 0) is 22.2 Å². The molecule has 0 aliphatic rings. The van der Waals surface area contributed by atoms with Gasteiger partial charge in [0.05, 0.1) is 11.8 Å². The molecule has 0 aromatic carbocycles. The summed E-state index contributed by atoms with van der Waals surface area (Å²) < 4.78 is 40.7. The Morgan fingerprint density at radius 2 is 1.92 bits per heavy atom. The first kappa shape index (κ1) is 13.4. The summed E-state index contributed by atoms with van der Waals surface area (Å²) in [6, 6.07) is 0. The van der Waals surface area contributed by atoms with Crippen LogP contribution in [0.25, 0.3) is 0 Å². The second-order valence-corrected chi connectivity index (χ2v) is 4.13. The molecule has 0 aromatic heterocycles. The third-order valence-electron chi connectivity index (χ3n) is 1.02. The van der Waals surface area contributed by atoms with Crippen LogP contribution in [-0.4, -0.2) is 46.7 Å². The molecule has 0 aliphatic carbocycles. The van der Waals surface area contributed by atoms with Gasteiger partial charge in [-0.05, 0) is 22.2 Å². The molecule has 80 valence electrons. The Balaban J connectivity index is 3.79. The molecule has 2 atom stereocenters. The largest absolute Gasteiger partial charge is 0.771 e. The molecule has 9 heteroatoms. The number of hydrazine groups is 1. The van der Waals surface area contributed by atoms with Crippen LogP contribution in [0.1, 0.15) is 0 Å². The fraction of sp³-hybridized carbons (Fsp3) is 1.00. The van der Waals surface area contributed by atoms with Crippen molar-refractivity contribution in [2.75, 3.05) is 24.2 Å².